The zero-order valence-corrected chi connectivity index (χ0v) is 49.4. The van der Waals surface area contributed by atoms with Gasteiger partial charge in [0.2, 0.25) is 12.2 Å². The first-order chi connectivity index (χ1) is 43.3. The lowest BCUT2D eigenvalue weighted by Gasteiger charge is -2.18. The first-order valence-corrected chi connectivity index (χ1v) is 27.4. The van der Waals surface area contributed by atoms with Crippen molar-refractivity contribution < 1.29 is 120 Å². The third-order valence-corrected chi connectivity index (χ3v) is 14.5. The van der Waals surface area contributed by atoms with Gasteiger partial charge in [-0.3, -0.25) is 16.2 Å². The van der Waals surface area contributed by atoms with Crippen LogP contribution in [0.1, 0.15) is 43.5 Å². The van der Waals surface area contributed by atoms with Gasteiger partial charge in [0.15, 0.2) is 11.6 Å². The number of benzene rings is 6. The molecule has 0 saturated heterocycles. The highest BCUT2D eigenvalue weighted by Crippen LogP contribution is 2.37. The summed E-state index contributed by atoms with van der Waals surface area (Å²) in [5, 5.41) is 46.5. The fourth-order valence-corrected chi connectivity index (χ4v) is 9.65. The average molecular weight is 1380 g/mol. The molecule has 0 aliphatic carbocycles. The molecule has 6 aromatic carbocycles. The Balaban J connectivity index is 0.000000258. The van der Waals surface area contributed by atoms with Crippen LogP contribution in [0.4, 0.5) is 57.1 Å². The highest BCUT2D eigenvalue weighted by molar-refractivity contribution is 7.21. The number of fused-ring (bicyclic) bond motifs is 3. The maximum atomic E-state index is 13.5. The van der Waals surface area contributed by atoms with Crippen molar-refractivity contribution in [2.75, 3.05) is 14.2 Å². The van der Waals surface area contributed by atoms with E-state index in [-0.39, 0.29) is 28.9 Å². The summed E-state index contributed by atoms with van der Waals surface area (Å²) < 4.78 is 178. The molecule has 0 saturated carbocycles. The summed E-state index contributed by atoms with van der Waals surface area (Å²) in [5.41, 5.74) is 18.1. The number of nitrogens with one attached hydrogen (secondary N) is 3. The minimum atomic E-state index is -5.08. The van der Waals surface area contributed by atoms with E-state index in [2.05, 4.69) is 0 Å². The number of carbonyl (C=O) groups excluding carboxylic acids is 2. The SMILES string of the molecule is COC(=O)C(Oc1ccc2cc(C(=N)N)sc2c1)c1ccc(F)c(F)c1.COC(=O)C(Oc1cccc2sc(C(=N)N)cc12)c1ccc(F)cc1.N=C(N)c1cc2c(OCc3ccc(F)cc3)cccc2s1.O=C(O)C(F)(F)F.O=C(O)C(F)(F)F.O=C(O)C(F)(F)F. The smallest absolute Gasteiger partial charge is 0.488 e. The molecule has 9 rings (SSSR count). The molecule has 0 aliphatic heterocycles. The van der Waals surface area contributed by atoms with Crippen molar-refractivity contribution in [3.8, 4) is 17.2 Å². The first-order valence-electron chi connectivity index (χ1n) is 24.9. The van der Waals surface area contributed by atoms with E-state index < -0.39 is 78.0 Å². The van der Waals surface area contributed by atoms with Crippen LogP contribution in [0.3, 0.4) is 0 Å². The second-order valence-corrected chi connectivity index (χ2v) is 21.0. The number of carboxylic acid groups (broad SMARTS) is 3. The lowest BCUT2D eigenvalue weighted by molar-refractivity contribution is -0.193. The van der Waals surface area contributed by atoms with Crippen LogP contribution in [-0.4, -0.2) is 95.4 Å². The largest absolute Gasteiger partial charge is 0.490 e. The summed E-state index contributed by atoms with van der Waals surface area (Å²) in [6.45, 7) is 0.366. The van der Waals surface area contributed by atoms with Crippen molar-refractivity contribution in [3.63, 3.8) is 0 Å². The summed E-state index contributed by atoms with van der Waals surface area (Å²) in [6, 6.07) is 36.4. The number of carboxylic acids is 3. The molecule has 9 aromatic rings. The second kappa shape index (κ2) is 33.0. The number of carbonyl (C=O) groups is 5. The van der Waals surface area contributed by atoms with Crippen LogP contribution >= 0.6 is 34.0 Å². The molecule has 19 nitrogen and oxygen atoms in total. The number of nitrogens with two attached hydrogens (primary N) is 3. The topological polar surface area (TPSA) is 342 Å². The molecule has 0 aliphatic rings. The Morgan fingerprint density at radius 3 is 1.30 bits per heavy atom. The van der Waals surface area contributed by atoms with Gasteiger partial charge >= 0.3 is 48.4 Å². The molecule has 0 bridgehead atoms. The van der Waals surface area contributed by atoms with Crippen LogP contribution in [0.15, 0.2) is 140 Å². The Labute approximate surface area is 526 Å². The van der Waals surface area contributed by atoms with Crippen LogP contribution < -0.4 is 31.4 Å². The molecule has 0 spiro atoms. The fraction of sp³-hybridized carbons (Fsp3) is 0.138. The zero-order valence-electron chi connectivity index (χ0n) is 46.9. The summed E-state index contributed by atoms with van der Waals surface area (Å²) in [7, 11) is 2.45. The third-order valence-electron chi connectivity index (χ3n) is 11.1. The van der Waals surface area contributed by atoms with E-state index >= 15 is 0 Å². The third kappa shape index (κ3) is 22.7. The molecule has 2 unspecified atom stereocenters. The second-order valence-electron chi connectivity index (χ2n) is 17.7. The van der Waals surface area contributed by atoms with Crippen molar-refractivity contribution >= 4 is 112 Å². The number of ether oxygens (including phenoxy) is 5. The first kappa shape index (κ1) is 74.9. The molecular formula is C58H45F13N6O13S3. The molecule has 35 heteroatoms. The van der Waals surface area contributed by atoms with Gasteiger partial charge < -0.3 is 56.2 Å². The molecule has 3 heterocycles. The van der Waals surface area contributed by atoms with E-state index in [9.17, 15) is 66.7 Å². The molecule has 12 N–H and O–H groups in total. The molecule has 0 radical (unpaired) electrons. The number of halogens is 13. The monoisotopic (exact) mass is 1380 g/mol. The number of hydrogen-bond donors (Lipinski definition) is 9. The summed E-state index contributed by atoms with van der Waals surface area (Å²) in [5.74, 6) is -10.9. The standard InChI is InChI=1S/C18H14F2N2O3S.C18H15FN2O3S.C16H13FN2OS.3C2HF3O2/c1-24-18(23)16(10-3-5-12(19)13(20)6-10)25-11-4-2-9-7-15(17(21)22)26-14(9)8-11;1-23-18(22)16(10-5-7-11(19)8-6-10)24-13-3-2-4-14-12(13)9-15(25-14)17(20)21;17-11-6-4-10(5-7-11)9-20-13-2-1-3-14-12(13)8-15(21-14)16(18)19;3*3-2(4,5)1(6)7/h2-8,16H,1H3,(H3,21,22);2-9,16H,1H3,(H3,20,21);1-8H,9H2,(H3,18,19);3*(H,6,7). The minimum Gasteiger partial charge on any atom is -0.488 e. The molecule has 3 aromatic heterocycles. The number of alkyl halides is 9. The van der Waals surface area contributed by atoms with Crippen LogP contribution in [0.2, 0.25) is 0 Å². The number of thiophene rings is 3. The molecular weight excluding hydrogens is 1330 g/mol. The highest BCUT2D eigenvalue weighted by atomic mass is 32.1. The van der Waals surface area contributed by atoms with Crippen molar-refractivity contribution in [1.29, 1.82) is 16.2 Å². The minimum absolute atomic E-state index is 0.0322. The Bertz CT molecular complexity index is 4090. The maximum Gasteiger partial charge on any atom is 0.490 e. The molecule has 494 valence electrons. The van der Waals surface area contributed by atoms with Crippen LogP contribution in [-0.2, 0) is 40.1 Å². The highest BCUT2D eigenvalue weighted by Gasteiger charge is 2.39. The van der Waals surface area contributed by atoms with Crippen molar-refractivity contribution in [2.24, 2.45) is 17.2 Å². The molecule has 2 atom stereocenters. The normalized spacial score (nSPS) is 11.5. The number of nitrogen functional groups attached to an aromatic ring is 3. The van der Waals surface area contributed by atoms with Gasteiger partial charge in [0.05, 0.1) is 28.9 Å². The van der Waals surface area contributed by atoms with Gasteiger partial charge in [-0.05, 0) is 108 Å². The number of aliphatic carboxylic acids is 3. The molecule has 0 fully saturated rings. The van der Waals surface area contributed by atoms with Gasteiger partial charge in [-0.1, -0.05) is 42.5 Å². The Hall–Kier alpha value is -10.6. The van der Waals surface area contributed by atoms with Gasteiger partial charge in [-0.2, -0.15) is 39.5 Å². The van der Waals surface area contributed by atoms with Crippen molar-refractivity contribution in [2.45, 2.75) is 37.3 Å². The van der Waals surface area contributed by atoms with Gasteiger partial charge in [0.25, 0.3) is 0 Å². The lowest BCUT2D eigenvalue weighted by Crippen LogP contribution is -2.21. The number of methoxy groups -OCH3 is 2. The van der Waals surface area contributed by atoms with Crippen LogP contribution in [0.5, 0.6) is 17.2 Å². The average Bonchev–Trinajstić information content (AvgIpc) is 1.75. The maximum absolute atomic E-state index is 13.5. The van der Waals surface area contributed by atoms with Crippen molar-refractivity contribution in [3.05, 3.63) is 194 Å². The Morgan fingerprint density at radius 1 is 0.473 bits per heavy atom. The summed E-state index contributed by atoms with van der Waals surface area (Å²) >= 11 is 4.13. The predicted octanol–water partition coefficient (Wildman–Crippen LogP) is 13.2. The molecule has 0 amide bonds. The quantitative estimate of drug-likeness (QED) is 0.0211. The van der Waals surface area contributed by atoms with E-state index in [1.807, 2.05) is 30.3 Å². The summed E-state index contributed by atoms with van der Waals surface area (Å²) in [4.78, 5) is 52.9. The lowest BCUT2D eigenvalue weighted by atomic mass is 10.1. The zero-order chi connectivity index (χ0) is 69.9. The van der Waals surface area contributed by atoms with Crippen LogP contribution in [0.25, 0.3) is 30.3 Å². The predicted molar refractivity (Wildman–Crippen MR) is 314 cm³/mol. The number of esters is 2. The van der Waals surface area contributed by atoms with E-state index in [0.717, 1.165) is 58.6 Å². The number of amidine groups is 3. The van der Waals surface area contributed by atoms with Gasteiger partial charge in [0, 0.05) is 36.0 Å². The van der Waals surface area contributed by atoms with E-state index in [1.54, 1.807) is 54.6 Å². The van der Waals surface area contributed by atoms with E-state index in [0.29, 0.717) is 33.4 Å². The van der Waals surface area contributed by atoms with Gasteiger partial charge in [-0.25, -0.2) is 41.5 Å². The van der Waals surface area contributed by atoms with Crippen molar-refractivity contribution in [1.82, 2.24) is 0 Å². The number of rotatable bonds is 14. The van der Waals surface area contributed by atoms with Crippen LogP contribution in [0, 0.1) is 39.5 Å². The fourth-order valence-electron chi connectivity index (χ4n) is 6.82. The Morgan fingerprint density at radius 2 is 0.871 bits per heavy atom. The molecule has 93 heavy (non-hydrogen) atoms. The van der Waals surface area contributed by atoms with E-state index in [4.69, 9.17) is 86.8 Å². The Kier molecular flexibility index (Phi) is 26.6. The van der Waals surface area contributed by atoms with Gasteiger partial charge in [-0.15, -0.1) is 34.0 Å². The van der Waals surface area contributed by atoms with E-state index in [1.165, 1.54) is 90.7 Å². The van der Waals surface area contributed by atoms with Gasteiger partial charge in [0.1, 0.15) is 53.0 Å². The summed E-state index contributed by atoms with van der Waals surface area (Å²) in [6.07, 6.45) is -17.5. The number of hydrogen-bond acceptors (Lipinski definition) is 16.